The van der Waals surface area contributed by atoms with Crippen molar-refractivity contribution in [3.8, 4) is 0 Å². The molecule has 1 aromatic heterocycles. The van der Waals surface area contributed by atoms with Crippen LogP contribution >= 0.6 is 0 Å². The molecule has 1 aromatic rings. The normalized spacial score (nSPS) is 30.9. The van der Waals surface area contributed by atoms with Crippen molar-refractivity contribution in [3.63, 3.8) is 0 Å². The van der Waals surface area contributed by atoms with Crippen LogP contribution in [0.3, 0.4) is 0 Å². The van der Waals surface area contributed by atoms with Gasteiger partial charge in [0.05, 0.1) is 0 Å². The minimum atomic E-state index is -3.90. The summed E-state index contributed by atoms with van der Waals surface area (Å²) in [6, 6.07) is 1.12. The first-order valence-corrected chi connectivity index (χ1v) is 5.72. The number of hydrogen-bond donors (Lipinski definition) is 2. The van der Waals surface area contributed by atoms with Crippen molar-refractivity contribution in [1.82, 2.24) is 9.55 Å². The topological polar surface area (TPSA) is 139 Å². The molecule has 0 aromatic carbocycles. The maximum atomic E-state index is 14.2. The molecule has 0 saturated carbocycles. The number of nitrogen functional groups attached to an aromatic ring is 1. The average Bonchev–Trinajstić information content (AvgIpc) is 2.61. The molecule has 0 amide bonds. The van der Waals surface area contributed by atoms with Crippen molar-refractivity contribution < 1.29 is 18.6 Å². The van der Waals surface area contributed by atoms with Crippen LogP contribution in [0.5, 0.6) is 0 Å². The molecule has 21 heavy (non-hydrogen) atoms. The molecule has 0 aliphatic carbocycles. The Labute approximate surface area is 116 Å². The lowest BCUT2D eigenvalue weighted by atomic mass is 10.0. The van der Waals surface area contributed by atoms with E-state index in [1.54, 1.807) is 0 Å². The zero-order chi connectivity index (χ0) is 15.8. The van der Waals surface area contributed by atoms with E-state index in [1.165, 1.54) is 0 Å². The zero-order valence-electron chi connectivity index (χ0n) is 10.6. The van der Waals surface area contributed by atoms with Crippen molar-refractivity contribution in [2.45, 2.75) is 30.4 Å². The predicted octanol–water partition coefficient (Wildman–Crippen LogP) is 0.581. The molecule has 11 heteroatoms. The van der Waals surface area contributed by atoms with Gasteiger partial charge in [-0.2, -0.15) is 13.8 Å². The SMILES string of the molecule is [CH2]C[C@@]1(N=[N+]=[N-])O[C@@H](n2ccc(N)nc2=O)C(F)(F)[C@@H]1O. The summed E-state index contributed by atoms with van der Waals surface area (Å²) in [6.45, 7) is 3.33. The number of nitrogens with zero attached hydrogens (tertiary/aromatic N) is 5. The van der Waals surface area contributed by atoms with Crippen LogP contribution in [0.25, 0.3) is 10.4 Å². The molecule has 0 bridgehead atoms. The molecule has 9 nitrogen and oxygen atoms in total. The molecule has 1 fully saturated rings. The summed E-state index contributed by atoms with van der Waals surface area (Å²) < 4.78 is 33.8. The standard InChI is InChI=1S/C10H11F2N6O3/c1-2-9(16-17-14)6(19)10(11,12)7(21-9)18-4-3-5(13)15-8(18)20/h3-4,6-7,19H,1-2H2,(H2,13,15,20)/t6-,7-,9-/m1/s1. The van der Waals surface area contributed by atoms with Gasteiger partial charge in [0.1, 0.15) is 5.82 Å². The van der Waals surface area contributed by atoms with Crippen LogP contribution in [0.15, 0.2) is 22.2 Å². The summed E-state index contributed by atoms with van der Waals surface area (Å²) in [5.74, 6) is -4.05. The van der Waals surface area contributed by atoms with E-state index in [4.69, 9.17) is 16.0 Å². The Kier molecular flexibility index (Phi) is 3.58. The highest BCUT2D eigenvalue weighted by Gasteiger charge is 2.66. The van der Waals surface area contributed by atoms with Crippen molar-refractivity contribution in [2.75, 3.05) is 5.73 Å². The van der Waals surface area contributed by atoms with Gasteiger partial charge in [-0.25, -0.2) is 4.79 Å². The monoisotopic (exact) mass is 301 g/mol. The largest absolute Gasteiger partial charge is 0.383 e. The summed E-state index contributed by atoms with van der Waals surface area (Å²) in [4.78, 5) is 17.3. The van der Waals surface area contributed by atoms with Gasteiger partial charge in [0.15, 0.2) is 11.8 Å². The number of azide groups is 1. The summed E-state index contributed by atoms with van der Waals surface area (Å²) in [7, 11) is 0. The van der Waals surface area contributed by atoms with Gasteiger partial charge in [0, 0.05) is 11.1 Å². The van der Waals surface area contributed by atoms with Crippen LogP contribution in [0.1, 0.15) is 12.6 Å². The Bertz CT molecular complexity index is 658. The van der Waals surface area contributed by atoms with E-state index in [9.17, 15) is 18.7 Å². The second-order valence-corrected chi connectivity index (χ2v) is 4.37. The highest BCUT2D eigenvalue weighted by molar-refractivity contribution is 5.24. The number of halogens is 2. The van der Waals surface area contributed by atoms with Crippen LogP contribution in [0.4, 0.5) is 14.6 Å². The smallest absolute Gasteiger partial charge is 0.351 e. The molecule has 3 N–H and O–H groups in total. The zero-order valence-corrected chi connectivity index (χ0v) is 10.6. The van der Waals surface area contributed by atoms with Gasteiger partial charge in [0.2, 0.25) is 6.23 Å². The summed E-state index contributed by atoms with van der Waals surface area (Å²) >= 11 is 0. The molecule has 1 saturated heterocycles. The van der Waals surface area contributed by atoms with Crippen LogP contribution < -0.4 is 11.4 Å². The van der Waals surface area contributed by atoms with Crippen molar-refractivity contribution in [2.24, 2.45) is 5.11 Å². The van der Waals surface area contributed by atoms with E-state index in [0.717, 1.165) is 12.3 Å². The molecule has 2 rings (SSSR count). The van der Waals surface area contributed by atoms with Gasteiger partial charge in [-0.05, 0) is 18.0 Å². The summed E-state index contributed by atoms with van der Waals surface area (Å²) in [5.41, 5.74) is 10.4. The number of nitrogens with two attached hydrogens (primary N) is 1. The lowest BCUT2D eigenvalue weighted by Crippen LogP contribution is -2.45. The van der Waals surface area contributed by atoms with Crippen molar-refractivity contribution in [1.29, 1.82) is 0 Å². The number of ether oxygens (including phenoxy) is 1. The fourth-order valence-corrected chi connectivity index (χ4v) is 2.02. The number of rotatable bonds is 3. The third-order valence-electron chi connectivity index (χ3n) is 3.11. The minimum absolute atomic E-state index is 0.156. The molecule has 3 atom stereocenters. The highest BCUT2D eigenvalue weighted by atomic mass is 19.3. The molecule has 1 aliphatic heterocycles. The fourth-order valence-electron chi connectivity index (χ4n) is 2.02. The number of anilines is 1. The lowest BCUT2D eigenvalue weighted by molar-refractivity contribution is -0.142. The van der Waals surface area contributed by atoms with E-state index in [0.29, 0.717) is 4.57 Å². The Balaban J connectivity index is 2.55. The number of aliphatic hydroxyl groups is 1. The predicted molar refractivity (Wildman–Crippen MR) is 65.8 cm³/mol. The van der Waals surface area contributed by atoms with Gasteiger partial charge in [-0.1, -0.05) is 12.0 Å². The van der Waals surface area contributed by atoms with Crippen molar-refractivity contribution >= 4 is 5.82 Å². The number of alkyl halides is 2. The average molecular weight is 301 g/mol. The first-order valence-electron chi connectivity index (χ1n) is 5.72. The second-order valence-electron chi connectivity index (χ2n) is 4.37. The number of hydrogen-bond acceptors (Lipinski definition) is 6. The molecule has 2 heterocycles. The molecule has 0 spiro atoms. The molecule has 1 aliphatic rings. The maximum absolute atomic E-state index is 14.2. The van der Waals surface area contributed by atoms with Gasteiger partial charge < -0.3 is 15.6 Å². The fraction of sp³-hybridized carbons (Fsp3) is 0.500. The Morgan fingerprint density at radius 1 is 1.71 bits per heavy atom. The Morgan fingerprint density at radius 3 is 2.90 bits per heavy atom. The third-order valence-corrected chi connectivity index (χ3v) is 3.11. The van der Waals surface area contributed by atoms with Gasteiger partial charge in [-0.15, -0.1) is 0 Å². The van der Waals surface area contributed by atoms with E-state index in [-0.39, 0.29) is 5.82 Å². The summed E-state index contributed by atoms with van der Waals surface area (Å²) in [6.07, 6.45) is -4.17. The van der Waals surface area contributed by atoms with E-state index in [1.807, 2.05) is 0 Å². The molecular formula is C10H11F2N6O3. The first-order chi connectivity index (χ1) is 9.78. The highest BCUT2D eigenvalue weighted by Crippen LogP contribution is 2.49. The maximum Gasteiger partial charge on any atom is 0.351 e. The molecule has 1 radical (unpaired) electrons. The van der Waals surface area contributed by atoms with Crippen LogP contribution in [-0.2, 0) is 4.74 Å². The Hall–Kier alpha value is -2.23. The number of aliphatic hydroxyl groups excluding tert-OH is 1. The molecule has 0 unspecified atom stereocenters. The Morgan fingerprint density at radius 2 is 2.38 bits per heavy atom. The van der Waals surface area contributed by atoms with E-state index >= 15 is 0 Å². The second kappa shape index (κ2) is 4.95. The molecule has 113 valence electrons. The summed E-state index contributed by atoms with van der Waals surface area (Å²) in [5, 5.41) is 12.8. The van der Waals surface area contributed by atoms with Gasteiger partial charge >= 0.3 is 11.6 Å². The molecular weight excluding hydrogens is 290 g/mol. The van der Waals surface area contributed by atoms with E-state index in [2.05, 4.69) is 21.9 Å². The van der Waals surface area contributed by atoms with Gasteiger partial charge in [0.25, 0.3) is 0 Å². The van der Waals surface area contributed by atoms with E-state index < -0.39 is 36.1 Å². The third kappa shape index (κ3) is 2.20. The lowest BCUT2D eigenvalue weighted by Gasteiger charge is -2.24. The quantitative estimate of drug-likeness (QED) is 0.477. The minimum Gasteiger partial charge on any atom is -0.383 e. The van der Waals surface area contributed by atoms with Crippen molar-refractivity contribution in [3.05, 3.63) is 40.1 Å². The van der Waals surface area contributed by atoms with Crippen LogP contribution in [0, 0.1) is 6.92 Å². The van der Waals surface area contributed by atoms with Gasteiger partial charge in [-0.3, -0.25) is 4.57 Å². The van der Waals surface area contributed by atoms with Crippen LogP contribution in [0.2, 0.25) is 0 Å². The van der Waals surface area contributed by atoms with Crippen LogP contribution in [-0.4, -0.2) is 32.4 Å². The number of aromatic nitrogens is 2. The first kappa shape index (κ1) is 15.2.